The number of ether oxygens (including phenoxy) is 4. The molecule has 3 heterocycles. The minimum Gasteiger partial charge on any atom is -0.422 e. The number of hydrogen-bond donors (Lipinski definition) is 0. The van der Waals surface area contributed by atoms with E-state index < -0.39 is 29.9 Å². The molecule has 0 aliphatic carbocycles. The summed E-state index contributed by atoms with van der Waals surface area (Å²) in [5.41, 5.74) is 0.520. The lowest BCUT2D eigenvalue weighted by molar-refractivity contribution is -0.218. The first-order valence-corrected chi connectivity index (χ1v) is 7.55. The van der Waals surface area contributed by atoms with Crippen LogP contribution >= 0.6 is 0 Å². The molecule has 6 heteroatoms. The Hall–Kier alpha value is -1.73. The van der Waals surface area contributed by atoms with Crippen molar-refractivity contribution >= 4 is 11.0 Å². The fraction of sp³-hybridized carbons (Fsp3) is 0.471. The zero-order chi connectivity index (χ0) is 16.2. The Bertz CT molecular complexity index is 795. The molecule has 0 radical (unpaired) electrons. The Kier molecular flexibility index (Phi) is 3.32. The maximum Gasteiger partial charge on any atom is 0.342 e. The summed E-state index contributed by atoms with van der Waals surface area (Å²) in [6, 6.07) is 9.13. The molecule has 1 aromatic heterocycles. The number of rotatable bonds is 2. The van der Waals surface area contributed by atoms with Crippen molar-refractivity contribution in [2.45, 2.75) is 44.2 Å². The van der Waals surface area contributed by atoms with Gasteiger partial charge in [0, 0.05) is 12.5 Å². The van der Waals surface area contributed by atoms with Crippen LogP contribution in [-0.2, 0) is 18.9 Å². The highest BCUT2D eigenvalue weighted by atomic mass is 16.8. The highest BCUT2D eigenvalue weighted by Gasteiger charge is 2.56. The summed E-state index contributed by atoms with van der Waals surface area (Å²) in [6.45, 7) is 3.64. The van der Waals surface area contributed by atoms with Crippen LogP contribution in [0.15, 0.2) is 39.5 Å². The van der Waals surface area contributed by atoms with Gasteiger partial charge in [-0.25, -0.2) is 4.79 Å². The number of para-hydroxylation sites is 1. The van der Waals surface area contributed by atoms with Crippen LogP contribution < -0.4 is 5.63 Å². The molecular weight excluding hydrogens is 300 g/mol. The van der Waals surface area contributed by atoms with Gasteiger partial charge in [-0.15, -0.1) is 0 Å². The van der Waals surface area contributed by atoms with Crippen molar-refractivity contribution < 1.29 is 23.4 Å². The summed E-state index contributed by atoms with van der Waals surface area (Å²) >= 11 is 0. The van der Waals surface area contributed by atoms with Gasteiger partial charge in [0.15, 0.2) is 12.1 Å². The summed E-state index contributed by atoms with van der Waals surface area (Å²) in [6.07, 6.45) is -1.98. The fourth-order valence-electron chi connectivity index (χ4n) is 3.26. The highest BCUT2D eigenvalue weighted by Crippen LogP contribution is 2.43. The molecule has 2 aliphatic rings. The van der Waals surface area contributed by atoms with Crippen molar-refractivity contribution in [1.29, 1.82) is 0 Å². The Morgan fingerprint density at radius 2 is 1.96 bits per heavy atom. The molecule has 0 unspecified atom stereocenters. The van der Waals surface area contributed by atoms with E-state index in [1.165, 1.54) is 0 Å². The van der Waals surface area contributed by atoms with Gasteiger partial charge >= 0.3 is 5.63 Å². The standard InChI is InChI=1S/C17H18O6/c1-17(2)22-14-13(19-3)12(21-16(14)23-17)10-8-9-6-4-5-7-11(9)20-15(10)18/h4-8,12-14,16H,1-3H3/t12-,13+,14-,16-/m1/s1. The minimum atomic E-state index is -0.731. The lowest BCUT2D eigenvalue weighted by atomic mass is 10.0. The van der Waals surface area contributed by atoms with Crippen molar-refractivity contribution in [2.75, 3.05) is 7.11 Å². The zero-order valence-corrected chi connectivity index (χ0v) is 13.1. The van der Waals surface area contributed by atoms with Gasteiger partial charge in [0.25, 0.3) is 0 Å². The van der Waals surface area contributed by atoms with Crippen molar-refractivity contribution in [3.63, 3.8) is 0 Å². The second kappa shape index (κ2) is 5.14. The number of methoxy groups -OCH3 is 1. The van der Waals surface area contributed by atoms with E-state index in [1.807, 2.05) is 32.0 Å². The third-order valence-corrected chi connectivity index (χ3v) is 4.24. The summed E-state index contributed by atoms with van der Waals surface area (Å²) < 4.78 is 28.4. The van der Waals surface area contributed by atoms with Crippen molar-refractivity contribution in [3.8, 4) is 0 Å². The monoisotopic (exact) mass is 318 g/mol. The van der Waals surface area contributed by atoms with Gasteiger partial charge in [-0.3, -0.25) is 0 Å². The fourth-order valence-corrected chi connectivity index (χ4v) is 3.26. The third-order valence-electron chi connectivity index (χ3n) is 4.24. The second-order valence-electron chi connectivity index (χ2n) is 6.25. The van der Waals surface area contributed by atoms with Crippen LogP contribution in [-0.4, -0.2) is 31.4 Å². The zero-order valence-electron chi connectivity index (χ0n) is 13.1. The predicted octanol–water partition coefficient (Wildman–Crippen LogP) is 2.36. The predicted molar refractivity (Wildman–Crippen MR) is 80.9 cm³/mol. The smallest absolute Gasteiger partial charge is 0.342 e. The molecule has 122 valence electrons. The first-order valence-electron chi connectivity index (χ1n) is 7.55. The summed E-state index contributed by atoms with van der Waals surface area (Å²) in [4.78, 5) is 12.3. The molecule has 2 aromatic rings. The van der Waals surface area contributed by atoms with E-state index in [4.69, 9.17) is 23.4 Å². The van der Waals surface area contributed by atoms with Crippen LogP contribution in [0, 0.1) is 0 Å². The van der Waals surface area contributed by atoms with Crippen LogP contribution in [0.4, 0.5) is 0 Å². The van der Waals surface area contributed by atoms with E-state index in [1.54, 1.807) is 19.2 Å². The van der Waals surface area contributed by atoms with Crippen LogP contribution in [0.1, 0.15) is 25.5 Å². The average molecular weight is 318 g/mol. The van der Waals surface area contributed by atoms with Gasteiger partial charge in [0.2, 0.25) is 0 Å². The van der Waals surface area contributed by atoms with E-state index in [0.717, 1.165) is 5.39 Å². The number of benzene rings is 1. The summed E-state index contributed by atoms with van der Waals surface area (Å²) in [5, 5.41) is 0.833. The number of fused-ring (bicyclic) bond motifs is 2. The van der Waals surface area contributed by atoms with Gasteiger partial charge in [0.1, 0.15) is 23.9 Å². The van der Waals surface area contributed by atoms with E-state index in [9.17, 15) is 4.79 Å². The van der Waals surface area contributed by atoms with Crippen LogP contribution in [0.25, 0.3) is 11.0 Å². The molecule has 6 nitrogen and oxygen atoms in total. The molecule has 0 saturated carbocycles. The van der Waals surface area contributed by atoms with Gasteiger partial charge in [0.05, 0.1) is 5.56 Å². The first kappa shape index (κ1) is 14.8. The molecule has 2 saturated heterocycles. The van der Waals surface area contributed by atoms with Gasteiger partial charge in [-0.2, -0.15) is 0 Å². The molecule has 2 fully saturated rings. The van der Waals surface area contributed by atoms with Crippen molar-refractivity contribution in [3.05, 3.63) is 46.3 Å². The van der Waals surface area contributed by atoms with E-state index in [-0.39, 0.29) is 6.10 Å². The molecule has 0 spiro atoms. The lowest BCUT2D eigenvalue weighted by Crippen LogP contribution is -2.34. The van der Waals surface area contributed by atoms with Crippen molar-refractivity contribution in [2.24, 2.45) is 0 Å². The molecular formula is C17H18O6. The van der Waals surface area contributed by atoms with Gasteiger partial charge < -0.3 is 23.4 Å². The summed E-state index contributed by atoms with van der Waals surface area (Å²) in [5.74, 6) is -0.731. The Labute approximate surface area is 132 Å². The maximum atomic E-state index is 12.3. The molecule has 0 bridgehead atoms. The maximum absolute atomic E-state index is 12.3. The van der Waals surface area contributed by atoms with E-state index in [0.29, 0.717) is 11.1 Å². The Morgan fingerprint density at radius 1 is 1.17 bits per heavy atom. The van der Waals surface area contributed by atoms with Crippen LogP contribution in [0.2, 0.25) is 0 Å². The van der Waals surface area contributed by atoms with Gasteiger partial charge in [-0.1, -0.05) is 18.2 Å². The molecule has 2 aliphatic heterocycles. The molecule has 4 atom stereocenters. The molecule has 0 N–H and O–H groups in total. The molecule has 0 amide bonds. The molecule has 4 rings (SSSR count). The molecule has 1 aromatic carbocycles. The largest absolute Gasteiger partial charge is 0.422 e. The van der Waals surface area contributed by atoms with Crippen LogP contribution in [0.3, 0.4) is 0 Å². The third kappa shape index (κ3) is 2.38. The normalized spacial score (nSPS) is 32.3. The quantitative estimate of drug-likeness (QED) is 0.792. The topological polar surface area (TPSA) is 67.1 Å². The SMILES string of the molecule is CO[C@@H]1[C@H]2OC(C)(C)O[C@H]2O[C@@H]1c1cc2ccccc2oc1=O. The Morgan fingerprint density at radius 3 is 2.74 bits per heavy atom. The second-order valence-corrected chi connectivity index (χ2v) is 6.25. The minimum absolute atomic E-state index is 0.383. The van der Waals surface area contributed by atoms with Gasteiger partial charge in [-0.05, 0) is 26.0 Å². The Balaban J connectivity index is 1.74. The van der Waals surface area contributed by atoms with Crippen LogP contribution in [0.5, 0.6) is 0 Å². The highest BCUT2D eigenvalue weighted by molar-refractivity contribution is 5.76. The summed E-state index contributed by atoms with van der Waals surface area (Å²) in [7, 11) is 1.57. The average Bonchev–Trinajstić information content (AvgIpc) is 2.97. The van der Waals surface area contributed by atoms with Crippen molar-refractivity contribution in [1.82, 2.24) is 0 Å². The van der Waals surface area contributed by atoms with E-state index >= 15 is 0 Å². The first-order chi connectivity index (χ1) is 11.0. The molecule has 23 heavy (non-hydrogen) atoms. The lowest BCUT2D eigenvalue weighted by Gasteiger charge is -2.24. The van der Waals surface area contributed by atoms with E-state index in [2.05, 4.69) is 0 Å². The number of hydrogen-bond acceptors (Lipinski definition) is 6.